The number of hydrogen-bond acceptors (Lipinski definition) is 10. The van der Waals surface area contributed by atoms with Crippen molar-refractivity contribution in [3.05, 3.63) is 35.9 Å². The summed E-state index contributed by atoms with van der Waals surface area (Å²) in [5, 5.41) is 2.94. The monoisotopic (exact) mass is 871 g/mol. The van der Waals surface area contributed by atoms with Gasteiger partial charge in [-0.25, -0.2) is 0 Å². The molecule has 0 saturated carbocycles. The summed E-state index contributed by atoms with van der Waals surface area (Å²) < 4.78 is 17.4. The van der Waals surface area contributed by atoms with Crippen LogP contribution >= 0.6 is 0 Å². The number of amides is 3. The second-order valence-corrected chi connectivity index (χ2v) is 18.8. The van der Waals surface area contributed by atoms with Crippen LogP contribution in [-0.2, 0) is 49.4 Å². The molecule has 3 amide bonds. The van der Waals surface area contributed by atoms with E-state index in [1.807, 2.05) is 88.8 Å². The summed E-state index contributed by atoms with van der Waals surface area (Å²) in [4.78, 5) is 87.4. The predicted octanol–water partition coefficient (Wildman–Crippen LogP) is 6.25. The summed E-state index contributed by atoms with van der Waals surface area (Å²) in [5.41, 5.74) is 0.933. The van der Waals surface area contributed by atoms with Crippen LogP contribution in [0.15, 0.2) is 30.3 Å². The number of Topliss-reactive ketones (excluding diaryl/α,β-unsaturated/α-hetero) is 2. The zero-order valence-corrected chi connectivity index (χ0v) is 40.6. The van der Waals surface area contributed by atoms with Gasteiger partial charge in [0.2, 0.25) is 17.7 Å². The summed E-state index contributed by atoms with van der Waals surface area (Å²) >= 11 is 0. The summed E-state index contributed by atoms with van der Waals surface area (Å²) in [6.45, 7) is 18.4. The van der Waals surface area contributed by atoms with E-state index in [2.05, 4.69) is 19.2 Å². The highest BCUT2D eigenvalue weighted by atomic mass is 16.5. The standard InChI is InChI=1S/C49H82N4O9/c1-15-34(8)45(52(12)48(58)38(31(2)3)29-41(55)44(32(4)5)51(10)11)42(60-13)30-43(56)53-25-19-23-39(53)46(61-14)35(9)40(54)28-37(27-36-21-17-16-18-22-36)47(57)50-24-20-26-62-49(59)33(6)7/h16-18,21-22,31-35,37-39,42,44-46H,15,19-20,23-30H2,1-14H3,(H,50,57)/t34-,35-,37+,38-,39-,42+,44-,45-,46+/m0/s1. The number of benzene rings is 1. The fourth-order valence-electron chi connectivity index (χ4n) is 9.16. The van der Waals surface area contributed by atoms with E-state index in [0.717, 1.165) is 18.4 Å². The van der Waals surface area contributed by atoms with Gasteiger partial charge in [0.05, 0.1) is 49.3 Å². The molecule has 9 atom stereocenters. The van der Waals surface area contributed by atoms with Gasteiger partial charge < -0.3 is 29.3 Å². The Morgan fingerprint density at radius 2 is 1.48 bits per heavy atom. The van der Waals surface area contributed by atoms with E-state index in [-0.39, 0.29) is 96.9 Å². The van der Waals surface area contributed by atoms with Crippen molar-refractivity contribution >= 4 is 35.3 Å². The van der Waals surface area contributed by atoms with E-state index in [1.165, 1.54) is 0 Å². The van der Waals surface area contributed by atoms with Crippen molar-refractivity contribution in [1.82, 2.24) is 20.0 Å². The van der Waals surface area contributed by atoms with Crippen LogP contribution in [-0.4, -0.2) is 135 Å². The fourth-order valence-corrected chi connectivity index (χ4v) is 9.16. The highest BCUT2D eigenvalue weighted by molar-refractivity contribution is 5.90. The third-order valence-electron chi connectivity index (χ3n) is 12.9. The number of carbonyl (C=O) groups excluding carboxylic acids is 6. The molecule has 1 aromatic rings. The average Bonchev–Trinajstić information content (AvgIpc) is 3.71. The molecule has 13 nitrogen and oxygen atoms in total. The smallest absolute Gasteiger partial charge is 0.308 e. The van der Waals surface area contributed by atoms with Gasteiger partial charge in [-0.1, -0.05) is 99.1 Å². The first kappa shape index (κ1) is 54.5. The van der Waals surface area contributed by atoms with Gasteiger partial charge in [0, 0.05) is 65.0 Å². The van der Waals surface area contributed by atoms with Gasteiger partial charge in [-0.05, 0) is 63.1 Å². The van der Waals surface area contributed by atoms with Gasteiger partial charge in [-0.3, -0.25) is 33.7 Å². The SMILES string of the molecule is CC[C@H](C)[C@@H]([C@@H](CC(=O)N1CCC[C@H]1[C@H](OC)[C@@H](C)C(=O)C[C@@H](Cc1ccccc1)C(=O)NCCCOC(=O)C(C)C)OC)N(C)C(=O)[C@@H](CC(=O)[C@H](C(C)C)N(C)C)C(C)C. The van der Waals surface area contributed by atoms with Crippen molar-refractivity contribution in [2.24, 2.45) is 41.4 Å². The van der Waals surface area contributed by atoms with Crippen molar-refractivity contribution in [3.8, 4) is 0 Å². The van der Waals surface area contributed by atoms with Crippen molar-refractivity contribution in [2.75, 3.05) is 55.1 Å². The zero-order valence-electron chi connectivity index (χ0n) is 40.6. The molecule has 1 saturated heterocycles. The van der Waals surface area contributed by atoms with Crippen LogP contribution < -0.4 is 5.32 Å². The average molecular weight is 871 g/mol. The van der Waals surface area contributed by atoms with E-state index in [1.54, 1.807) is 40.0 Å². The Morgan fingerprint density at radius 3 is 2.02 bits per heavy atom. The number of nitrogens with one attached hydrogen (secondary N) is 1. The Morgan fingerprint density at radius 1 is 0.839 bits per heavy atom. The molecule has 0 spiro atoms. The topological polar surface area (TPSA) is 152 Å². The Bertz CT molecular complexity index is 1560. The number of nitrogens with zero attached hydrogens (tertiary/aromatic N) is 3. The normalized spacial score (nSPS) is 18.2. The molecule has 2 rings (SSSR count). The Labute approximate surface area is 373 Å². The van der Waals surface area contributed by atoms with Gasteiger partial charge in [0.1, 0.15) is 5.78 Å². The second-order valence-electron chi connectivity index (χ2n) is 18.8. The number of carbonyl (C=O) groups is 6. The molecule has 0 aromatic heterocycles. The summed E-state index contributed by atoms with van der Waals surface area (Å²) in [5.74, 6) is -2.92. The van der Waals surface area contributed by atoms with Gasteiger partial charge >= 0.3 is 5.97 Å². The van der Waals surface area contributed by atoms with Gasteiger partial charge in [0.15, 0.2) is 5.78 Å². The molecule has 1 aliphatic rings. The number of ketones is 2. The molecule has 352 valence electrons. The molecule has 1 aromatic carbocycles. The number of ether oxygens (including phenoxy) is 3. The molecule has 13 heteroatoms. The van der Waals surface area contributed by atoms with Gasteiger partial charge in [-0.15, -0.1) is 0 Å². The number of esters is 1. The van der Waals surface area contributed by atoms with E-state index in [4.69, 9.17) is 14.2 Å². The van der Waals surface area contributed by atoms with Gasteiger partial charge in [0.25, 0.3) is 0 Å². The first-order chi connectivity index (χ1) is 29.2. The second kappa shape index (κ2) is 26.8. The van der Waals surface area contributed by atoms with E-state index < -0.39 is 36.0 Å². The minimum Gasteiger partial charge on any atom is -0.465 e. The molecular formula is C49H82N4O9. The Balaban J connectivity index is 2.27. The molecule has 1 aliphatic heterocycles. The molecule has 1 N–H and O–H groups in total. The zero-order chi connectivity index (χ0) is 46.8. The lowest BCUT2D eigenvalue weighted by atomic mass is 9.83. The lowest BCUT2D eigenvalue weighted by molar-refractivity contribution is -0.149. The number of hydrogen-bond donors (Lipinski definition) is 1. The van der Waals surface area contributed by atoms with Crippen LogP contribution in [0.5, 0.6) is 0 Å². The van der Waals surface area contributed by atoms with Crippen molar-refractivity contribution in [3.63, 3.8) is 0 Å². The van der Waals surface area contributed by atoms with E-state index in [9.17, 15) is 28.8 Å². The Hall–Kier alpha value is -3.68. The molecule has 0 radical (unpaired) electrons. The summed E-state index contributed by atoms with van der Waals surface area (Å²) in [7, 11) is 8.69. The van der Waals surface area contributed by atoms with E-state index >= 15 is 0 Å². The van der Waals surface area contributed by atoms with E-state index in [0.29, 0.717) is 32.4 Å². The maximum Gasteiger partial charge on any atom is 0.308 e. The molecule has 0 unspecified atom stereocenters. The number of rotatable bonds is 28. The van der Waals surface area contributed by atoms with Crippen LogP contribution in [0, 0.1) is 41.4 Å². The molecule has 0 aliphatic carbocycles. The highest BCUT2D eigenvalue weighted by Crippen LogP contribution is 2.32. The highest BCUT2D eigenvalue weighted by Gasteiger charge is 2.43. The molecule has 1 fully saturated rings. The third-order valence-corrected chi connectivity index (χ3v) is 12.9. The van der Waals surface area contributed by atoms with Crippen LogP contribution in [0.1, 0.15) is 113 Å². The lowest BCUT2D eigenvalue weighted by Gasteiger charge is -2.41. The minimum atomic E-state index is -0.637. The molecule has 1 heterocycles. The number of methoxy groups -OCH3 is 2. The number of likely N-dealkylation sites (N-methyl/N-ethyl adjacent to an activating group) is 2. The first-order valence-corrected chi connectivity index (χ1v) is 23.0. The first-order valence-electron chi connectivity index (χ1n) is 23.0. The molecule has 0 bridgehead atoms. The third kappa shape index (κ3) is 15.8. The van der Waals surface area contributed by atoms with Crippen molar-refractivity contribution in [1.29, 1.82) is 0 Å². The predicted molar refractivity (Wildman–Crippen MR) is 243 cm³/mol. The van der Waals surface area contributed by atoms with Gasteiger partial charge in [-0.2, -0.15) is 0 Å². The van der Waals surface area contributed by atoms with Crippen LogP contribution in [0.25, 0.3) is 0 Å². The summed E-state index contributed by atoms with van der Waals surface area (Å²) in [6.07, 6.45) is 1.86. The van der Waals surface area contributed by atoms with Crippen LogP contribution in [0.3, 0.4) is 0 Å². The van der Waals surface area contributed by atoms with Crippen LogP contribution in [0.4, 0.5) is 0 Å². The largest absolute Gasteiger partial charge is 0.465 e. The minimum absolute atomic E-state index is 0.0102. The number of likely N-dealkylation sites (tertiary alicyclic amines) is 1. The Kier molecular flexibility index (Phi) is 23.6. The van der Waals surface area contributed by atoms with Crippen LogP contribution in [0.2, 0.25) is 0 Å². The lowest BCUT2D eigenvalue weighted by Crippen LogP contribution is -2.54. The molecular weight excluding hydrogens is 789 g/mol. The maximum atomic E-state index is 14.4. The quantitative estimate of drug-likeness (QED) is 0.0757. The van der Waals surface area contributed by atoms with Crippen molar-refractivity contribution < 1.29 is 43.0 Å². The fraction of sp³-hybridized carbons (Fsp3) is 0.755. The maximum absolute atomic E-state index is 14.4. The summed E-state index contributed by atoms with van der Waals surface area (Å²) in [6, 6.07) is 8.47. The van der Waals surface area contributed by atoms with Crippen molar-refractivity contribution in [2.45, 2.75) is 144 Å². The molecule has 62 heavy (non-hydrogen) atoms.